The van der Waals surface area contributed by atoms with Crippen molar-refractivity contribution in [3.8, 4) is 17.2 Å². The monoisotopic (exact) mass is 224 g/mol. The molecule has 0 unspecified atom stereocenters. The molecule has 2 N–H and O–H groups in total. The summed E-state index contributed by atoms with van der Waals surface area (Å²) in [7, 11) is 0. The first-order valence-corrected chi connectivity index (χ1v) is 4.80. The van der Waals surface area contributed by atoms with Crippen molar-refractivity contribution in [1.29, 1.82) is 0 Å². The maximum Gasteiger partial charge on any atom is 0.311 e. The van der Waals surface area contributed by atoms with Crippen molar-refractivity contribution in [2.45, 2.75) is 19.3 Å². The van der Waals surface area contributed by atoms with Gasteiger partial charge in [-0.25, -0.2) is 0 Å². The molecule has 1 rings (SSSR count). The van der Waals surface area contributed by atoms with Crippen LogP contribution in [-0.2, 0) is 9.59 Å². The molecule has 5 heteroatoms. The number of phenols is 2. The van der Waals surface area contributed by atoms with E-state index in [2.05, 4.69) is 0 Å². The fraction of sp³-hybridized carbons (Fsp3) is 0.273. The Bertz CT molecular complexity index is 386. The number of benzene rings is 1. The van der Waals surface area contributed by atoms with Crippen molar-refractivity contribution in [2.24, 2.45) is 0 Å². The van der Waals surface area contributed by atoms with E-state index in [4.69, 9.17) is 9.84 Å². The molecular formula is C11H12O5. The van der Waals surface area contributed by atoms with E-state index in [1.54, 1.807) is 0 Å². The van der Waals surface area contributed by atoms with Crippen LogP contribution in [0.25, 0.3) is 0 Å². The van der Waals surface area contributed by atoms with Crippen LogP contribution in [0.2, 0.25) is 0 Å². The minimum absolute atomic E-state index is 0.00565. The van der Waals surface area contributed by atoms with Gasteiger partial charge in [-0.1, -0.05) is 0 Å². The Kier molecular flexibility index (Phi) is 4.32. The van der Waals surface area contributed by atoms with Gasteiger partial charge in [0.15, 0.2) is 11.5 Å². The first-order valence-electron chi connectivity index (χ1n) is 4.80. The first kappa shape index (κ1) is 12.0. The Morgan fingerprint density at radius 1 is 1.38 bits per heavy atom. The van der Waals surface area contributed by atoms with Gasteiger partial charge in [-0.3, -0.25) is 4.79 Å². The average Bonchev–Trinajstić information content (AvgIpc) is 2.23. The second kappa shape index (κ2) is 5.75. The molecule has 16 heavy (non-hydrogen) atoms. The largest absolute Gasteiger partial charge is 0.508 e. The number of carbonyl (C=O) groups excluding carboxylic acids is 2. The van der Waals surface area contributed by atoms with Crippen molar-refractivity contribution in [3.05, 3.63) is 18.2 Å². The standard InChI is InChI=1S/C11H12O5/c12-6-2-1-3-11(15)16-10-5-4-8(13)7-9(10)14/h4-7,13-14H,1-3H2. The second-order valence-electron chi connectivity index (χ2n) is 3.18. The molecule has 0 aliphatic rings. The van der Waals surface area contributed by atoms with Crippen LogP contribution in [0.5, 0.6) is 17.2 Å². The fourth-order valence-corrected chi connectivity index (χ4v) is 1.10. The summed E-state index contributed by atoms with van der Waals surface area (Å²) < 4.78 is 4.83. The third-order valence-corrected chi connectivity index (χ3v) is 1.87. The van der Waals surface area contributed by atoms with E-state index < -0.39 is 5.97 Å². The Labute approximate surface area is 92.3 Å². The zero-order valence-corrected chi connectivity index (χ0v) is 8.55. The summed E-state index contributed by atoms with van der Waals surface area (Å²) >= 11 is 0. The summed E-state index contributed by atoms with van der Waals surface area (Å²) in [5, 5.41) is 18.3. The number of carbonyl (C=O) groups is 2. The summed E-state index contributed by atoms with van der Waals surface area (Å²) in [4.78, 5) is 21.2. The number of aromatic hydroxyl groups is 2. The molecule has 0 aliphatic carbocycles. The normalized spacial score (nSPS) is 9.75. The fourth-order valence-electron chi connectivity index (χ4n) is 1.10. The van der Waals surface area contributed by atoms with E-state index in [0.717, 1.165) is 12.4 Å². The van der Waals surface area contributed by atoms with Crippen molar-refractivity contribution in [3.63, 3.8) is 0 Å². The first-order chi connectivity index (χ1) is 7.63. The molecule has 1 aromatic carbocycles. The zero-order chi connectivity index (χ0) is 12.0. The number of rotatable bonds is 5. The van der Waals surface area contributed by atoms with Crippen LogP contribution in [0, 0.1) is 0 Å². The van der Waals surface area contributed by atoms with Crippen LogP contribution >= 0.6 is 0 Å². The highest BCUT2D eigenvalue weighted by Gasteiger charge is 2.09. The van der Waals surface area contributed by atoms with Gasteiger partial charge in [-0.15, -0.1) is 0 Å². The Morgan fingerprint density at radius 3 is 2.75 bits per heavy atom. The summed E-state index contributed by atoms with van der Waals surface area (Å²) in [6.07, 6.45) is 1.56. The van der Waals surface area contributed by atoms with E-state index >= 15 is 0 Å². The second-order valence-corrected chi connectivity index (χ2v) is 3.18. The smallest absolute Gasteiger partial charge is 0.311 e. The summed E-state index contributed by atoms with van der Waals surface area (Å²) in [5.41, 5.74) is 0. The maximum atomic E-state index is 11.2. The van der Waals surface area contributed by atoms with Crippen molar-refractivity contribution >= 4 is 12.3 Å². The van der Waals surface area contributed by atoms with Gasteiger partial charge < -0.3 is 19.7 Å². The quantitative estimate of drug-likeness (QED) is 0.341. The topological polar surface area (TPSA) is 83.8 Å². The molecule has 0 saturated heterocycles. The van der Waals surface area contributed by atoms with Gasteiger partial charge in [0.05, 0.1) is 0 Å². The summed E-state index contributed by atoms with van der Waals surface area (Å²) in [6, 6.07) is 3.67. The van der Waals surface area contributed by atoms with E-state index in [-0.39, 0.29) is 23.7 Å². The molecule has 0 amide bonds. The third-order valence-electron chi connectivity index (χ3n) is 1.87. The number of ether oxygens (including phenoxy) is 1. The van der Waals surface area contributed by atoms with Crippen LogP contribution < -0.4 is 4.74 Å². The molecule has 0 aliphatic heterocycles. The Morgan fingerprint density at radius 2 is 2.12 bits per heavy atom. The van der Waals surface area contributed by atoms with Gasteiger partial charge in [-0.2, -0.15) is 0 Å². The van der Waals surface area contributed by atoms with Crippen LogP contribution in [0.15, 0.2) is 18.2 Å². The van der Waals surface area contributed by atoms with Crippen LogP contribution in [0.3, 0.4) is 0 Å². The maximum absolute atomic E-state index is 11.2. The number of hydrogen-bond acceptors (Lipinski definition) is 5. The number of aldehydes is 1. The lowest BCUT2D eigenvalue weighted by molar-refractivity contribution is -0.134. The molecule has 0 heterocycles. The molecule has 0 bridgehead atoms. The zero-order valence-electron chi connectivity index (χ0n) is 8.55. The highest BCUT2D eigenvalue weighted by Crippen LogP contribution is 2.29. The Hall–Kier alpha value is -2.04. The molecule has 0 saturated carbocycles. The van der Waals surface area contributed by atoms with Crippen LogP contribution in [0.4, 0.5) is 0 Å². The lowest BCUT2D eigenvalue weighted by atomic mass is 10.2. The number of unbranched alkanes of at least 4 members (excludes halogenated alkanes) is 1. The number of hydrogen-bond donors (Lipinski definition) is 2. The van der Waals surface area contributed by atoms with E-state index in [1.165, 1.54) is 12.1 Å². The van der Waals surface area contributed by atoms with E-state index in [0.29, 0.717) is 12.8 Å². The average molecular weight is 224 g/mol. The van der Waals surface area contributed by atoms with Crippen molar-refractivity contribution in [2.75, 3.05) is 0 Å². The van der Waals surface area contributed by atoms with E-state index in [9.17, 15) is 14.7 Å². The highest BCUT2D eigenvalue weighted by atomic mass is 16.5. The predicted molar refractivity (Wildman–Crippen MR) is 55.3 cm³/mol. The molecular weight excluding hydrogens is 212 g/mol. The predicted octanol–water partition coefficient (Wildman–Crippen LogP) is 1.37. The minimum atomic E-state index is -0.525. The molecule has 5 nitrogen and oxygen atoms in total. The van der Waals surface area contributed by atoms with Gasteiger partial charge in [-0.05, 0) is 18.6 Å². The summed E-state index contributed by atoms with van der Waals surface area (Å²) in [6.45, 7) is 0. The molecule has 0 atom stereocenters. The van der Waals surface area contributed by atoms with Gasteiger partial charge in [0.2, 0.25) is 0 Å². The van der Waals surface area contributed by atoms with E-state index in [1.807, 2.05) is 0 Å². The van der Waals surface area contributed by atoms with Gasteiger partial charge >= 0.3 is 5.97 Å². The van der Waals surface area contributed by atoms with Gasteiger partial charge in [0, 0.05) is 18.9 Å². The third kappa shape index (κ3) is 3.61. The number of esters is 1. The highest BCUT2D eigenvalue weighted by molar-refractivity contribution is 5.73. The Balaban J connectivity index is 2.52. The lowest BCUT2D eigenvalue weighted by Gasteiger charge is -2.05. The van der Waals surface area contributed by atoms with Gasteiger partial charge in [0.25, 0.3) is 0 Å². The summed E-state index contributed by atoms with van der Waals surface area (Å²) in [5.74, 6) is -0.946. The van der Waals surface area contributed by atoms with Crippen molar-refractivity contribution < 1.29 is 24.5 Å². The molecule has 1 aromatic rings. The molecule has 86 valence electrons. The minimum Gasteiger partial charge on any atom is -0.508 e. The van der Waals surface area contributed by atoms with Crippen LogP contribution in [-0.4, -0.2) is 22.5 Å². The molecule has 0 spiro atoms. The van der Waals surface area contributed by atoms with Gasteiger partial charge in [0.1, 0.15) is 12.0 Å². The lowest BCUT2D eigenvalue weighted by Crippen LogP contribution is -2.07. The SMILES string of the molecule is O=CCCCC(=O)Oc1ccc(O)cc1O. The van der Waals surface area contributed by atoms with Crippen molar-refractivity contribution in [1.82, 2.24) is 0 Å². The molecule has 0 fully saturated rings. The molecule has 0 aromatic heterocycles. The number of phenolic OH excluding ortho intramolecular Hbond substituents is 2. The van der Waals surface area contributed by atoms with Crippen LogP contribution in [0.1, 0.15) is 19.3 Å². The molecule has 0 radical (unpaired) electrons.